The number of unbranched alkanes of at least 4 members (excludes halogenated alkanes) is 2. The molecule has 3 rings (SSSR count). The van der Waals surface area contributed by atoms with E-state index in [-0.39, 0.29) is 18.5 Å². The molecule has 0 unspecified atom stereocenters. The molecule has 0 aliphatic carbocycles. The fraction of sp³-hybridized carbons (Fsp3) is 0.375. The predicted molar refractivity (Wildman–Crippen MR) is 159 cm³/mol. The Morgan fingerprint density at radius 1 is 0.892 bits per heavy atom. The molecular weight excluding hydrogens is 482 g/mol. The maximum absolute atomic E-state index is 10.1. The molecule has 0 atom stereocenters. The van der Waals surface area contributed by atoms with Crippen molar-refractivity contribution in [3.63, 3.8) is 0 Å². The van der Waals surface area contributed by atoms with Crippen LogP contribution in [0, 0.1) is 5.41 Å². The van der Waals surface area contributed by atoms with Crippen LogP contribution in [-0.2, 0) is 16.0 Å². The summed E-state index contributed by atoms with van der Waals surface area (Å²) in [5.41, 5.74) is 4.49. The molecule has 0 spiro atoms. The fourth-order valence-electron chi connectivity index (χ4n) is 3.18. The number of hydrogen-bond acceptors (Lipinski definition) is 4. The second-order valence-electron chi connectivity index (χ2n) is 7.88. The maximum atomic E-state index is 10.1. The summed E-state index contributed by atoms with van der Waals surface area (Å²) < 4.78 is 9.83. The van der Waals surface area contributed by atoms with Gasteiger partial charge >= 0.3 is 0 Å². The first-order valence-electron chi connectivity index (χ1n) is 13.2. The number of benzene rings is 3. The van der Waals surface area contributed by atoms with E-state index in [1.165, 1.54) is 48.4 Å². The highest BCUT2D eigenvalue weighted by molar-refractivity contribution is 6.32. The summed E-state index contributed by atoms with van der Waals surface area (Å²) >= 11 is 5.95. The van der Waals surface area contributed by atoms with E-state index < -0.39 is 0 Å². The molecule has 0 aliphatic rings. The van der Waals surface area contributed by atoms with E-state index in [1.54, 1.807) is 12.1 Å². The van der Waals surface area contributed by atoms with Gasteiger partial charge in [0.2, 0.25) is 5.90 Å². The highest BCUT2D eigenvalue weighted by atomic mass is 35.5. The van der Waals surface area contributed by atoms with E-state index in [4.69, 9.17) is 21.7 Å². The minimum atomic E-state index is -0.243. The van der Waals surface area contributed by atoms with Crippen molar-refractivity contribution in [2.75, 3.05) is 0 Å². The highest BCUT2D eigenvalue weighted by Crippen LogP contribution is 2.26. The quantitative estimate of drug-likeness (QED) is 0.131. The molecular formula is C32H44ClNO3. The number of nitrogens with one attached hydrogen (secondary N) is 1. The zero-order valence-electron chi connectivity index (χ0n) is 23.5. The van der Waals surface area contributed by atoms with Gasteiger partial charge in [0.15, 0.2) is 0 Å². The molecule has 0 amide bonds. The normalized spacial score (nSPS) is 9.43. The van der Waals surface area contributed by atoms with E-state index in [0.717, 1.165) is 0 Å². The number of hydrogen-bond donors (Lipinski definition) is 1. The molecule has 0 aromatic heterocycles. The molecule has 0 heterocycles. The van der Waals surface area contributed by atoms with E-state index in [2.05, 4.69) is 66.3 Å². The van der Waals surface area contributed by atoms with Gasteiger partial charge in [0.25, 0.3) is 6.47 Å². The third-order valence-corrected chi connectivity index (χ3v) is 5.15. The summed E-state index contributed by atoms with van der Waals surface area (Å²) in [6.45, 7) is 14.2. The van der Waals surface area contributed by atoms with Crippen molar-refractivity contribution in [1.82, 2.24) is 0 Å². The summed E-state index contributed by atoms with van der Waals surface area (Å²) in [5.74, 6) is 0.298. The van der Waals surface area contributed by atoms with Gasteiger partial charge in [0, 0.05) is 5.56 Å². The third-order valence-electron chi connectivity index (χ3n) is 4.85. The van der Waals surface area contributed by atoms with Crippen LogP contribution in [0.25, 0.3) is 11.1 Å². The zero-order chi connectivity index (χ0) is 28.1. The Labute approximate surface area is 229 Å². The van der Waals surface area contributed by atoms with Crippen LogP contribution in [0.1, 0.15) is 78.9 Å². The van der Waals surface area contributed by atoms with Gasteiger partial charge in [-0.1, -0.05) is 114 Å². The fourth-order valence-corrected chi connectivity index (χ4v) is 3.41. The van der Waals surface area contributed by atoms with Gasteiger partial charge in [-0.15, -0.1) is 0 Å². The smallest absolute Gasteiger partial charge is 0.299 e. The Morgan fingerprint density at radius 3 is 2.00 bits per heavy atom. The van der Waals surface area contributed by atoms with Gasteiger partial charge in [-0.2, -0.15) is 0 Å². The van der Waals surface area contributed by atoms with Crippen molar-refractivity contribution in [2.45, 2.75) is 80.3 Å². The van der Waals surface area contributed by atoms with E-state index >= 15 is 0 Å². The Kier molecular flexibility index (Phi) is 19.3. The predicted octanol–water partition coefficient (Wildman–Crippen LogP) is 9.76. The average molecular weight is 526 g/mol. The first-order valence-corrected chi connectivity index (χ1v) is 13.6. The van der Waals surface area contributed by atoms with Crippen molar-refractivity contribution in [1.29, 1.82) is 5.41 Å². The minimum absolute atomic E-state index is 0.0222. The Balaban J connectivity index is 0.000000619. The van der Waals surface area contributed by atoms with Crippen LogP contribution < -0.4 is 4.74 Å². The Bertz CT molecular complexity index is 1000. The molecule has 5 heteroatoms. The lowest BCUT2D eigenvalue weighted by Gasteiger charge is -2.11. The second kappa shape index (κ2) is 21.0. The first kappa shape index (κ1) is 33.9. The van der Waals surface area contributed by atoms with Crippen molar-refractivity contribution in [3.05, 3.63) is 88.9 Å². The van der Waals surface area contributed by atoms with Crippen LogP contribution in [0.3, 0.4) is 0 Å². The molecule has 0 bridgehead atoms. The molecule has 1 N–H and O–H groups in total. The molecule has 3 aromatic rings. The van der Waals surface area contributed by atoms with Crippen LogP contribution in [0.5, 0.6) is 5.75 Å². The summed E-state index contributed by atoms with van der Waals surface area (Å²) in [6, 6.07) is 24.3. The maximum Gasteiger partial charge on any atom is 0.299 e. The lowest BCUT2D eigenvalue weighted by atomic mass is 10.0. The number of rotatable bonds is 9. The van der Waals surface area contributed by atoms with E-state index in [9.17, 15) is 4.79 Å². The number of halogens is 1. The van der Waals surface area contributed by atoms with Crippen LogP contribution in [0.15, 0.2) is 72.8 Å². The minimum Gasteiger partial charge on any atom is -0.489 e. The summed E-state index contributed by atoms with van der Waals surface area (Å²) in [5, 5.41) is 7.77. The summed E-state index contributed by atoms with van der Waals surface area (Å²) in [7, 11) is 0. The Morgan fingerprint density at radius 2 is 1.49 bits per heavy atom. The van der Waals surface area contributed by atoms with Gasteiger partial charge in [-0.25, -0.2) is 0 Å². The molecule has 0 fully saturated rings. The monoisotopic (exact) mass is 525 g/mol. The molecule has 37 heavy (non-hydrogen) atoms. The molecule has 0 saturated heterocycles. The van der Waals surface area contributed by atoms with E-state index in [1.807, 2.05) is 41.5 Å². The van der Waals surface area contributed by atoms with Crippen LogP contribution >= 0.6 is 11.6 Å². The molecule has 4 nitrogen and oxygen atoms in total. The second-order valence-corrected chi connectivity index (χ2v) is 8.28. The third kappa shape index (κ3) is 13.7. The van der Waals surface area contributed by atoms with Crippen LogP contribution in [0.4, 0.5) is 0 Å². The largest absolute Gasteiger partial charge is 0.489 e. The van der Waals surface area contributed by atoms with Crippen molar-refractivity contribution < 1.29 is 14.3 Å². The summed E-state index contributed by atoms with van der Waals surface area (Å²) in [6.07, 6.45) is 5.17. The molecule has 0 aliphatic heterocycles. The topological polar surface area (TPSA) is 59.4 Å². The lowest BCUT2D eigenvalue weighted by Crippen LogP contribution is -2.07. The number of aryl methyl sites for hydroxylation is 1. The lowest BCUT2D eigenvalue weighted by molar-refractivity contribution is -0.121. The van der Waals surface area contributed by atoms with Crippen molar-refractivity contribution in [3.8, 4) is 16.9 Å². The van der Waals surface area contributed by atoms with Crippen LogP contribution in [0.2, 0.25) is 5.02 Å². The summed E-state index contributed by atoms with van der Waals surface area (Å²) in [4.78, 5) is 10.1. The number of carbonyl (C=O) groups excluding carboxylic acids is 1. The van der Waals surface area contributed by atoms with Crippen molar-refractivity contribution in [2.24, 2.45) is 0 Å². The SMILES string of the molecule is CC.CC.CC(C)Oc1ccc(C(=N)OC=O)cc1Cl.CCCCCc1ccc(-c2ccccc2)cc1. The van der Waals surface area contributed by atoms with Gasteiger partial charge in [0.1, 0.15) is 5.75 Å². The van der Waals surface area contributed by atoms with Gasteiger partial charge in [0.05, 0.1) is 11.1 Å². The standard InChI is InChI=1S/C17H20.C11H12ClNO3.2C2H6/c1-2-3-5-8-15-11-13-17(14-12-15)16-9-6-4-7-10-16;1-7(2)16-10-4-3-8(5-9(10)12)11(13)15-6-14;2*1-2/h4,6-7,9-14H,2-3,5,8H2,1H3;3-7,13H,1-2H3;2*1-2H3. The van der Waals surface area contributed by atoms with Gasteiger partial charge < -0.3 is 9.47 Å². The van der Waals surface area contributed by atoms with Gasteiger partial charge in [-0.3, -0.25) is 10.2 Å². The molecule has 3 aromatic carbocycles. The molecule has 202 valence electrons. The zero-order valence-corrected chi connectivity index (χ0v) is 24.3. The Hall–Kier alpha value is -3.11. The highest BCUT2D eigenvalue weighted by Gasteiger charge is 2.08. The van der Waals surface area contributed by atoms with E-state index in [0.29, 0.717) is 16.3 Å². The van der Waals surface area contributed by atoms with Crippen LogP contribution in [-0.4, -0.2) is 18.5 Å². The number of ether oxygens (including phenoxy) is 2. The number of carbonyl (C=O) groups is 1. The molecule has 0 radical (unpaired) electrons. The average Bonchev–Trinajstić information content (AvgIpc) is 2.93. The van der Waals surface area contributed by atoms with Gasteiger partial charge in [-0.05, 0) is 61.6 Å². The first-order chi connectivity index (χ1) is 17.9. The van der Waals surface area contributed by atoms with Crippen molar-refractivity contribution >= 4 is 24.0 Å². The molecule has 0 saturated carbocycles.